The van der Waals surface area contributed by atoms with Gasteiger partial charge in [0, 0.05) is 6.04 Å². The molecule has 1 saturated carbocycles. The molecule has 0 bridgehead atoms. The molecule has 2 rings (SSSR count). The van der Waals surface area contributed by atoms with E-state index in [0.717, 1.165) is 18.6 Å². The number of primary amides is 1. The minimum atomic E-state index is -0.412. The summed E-state index contributed by atoms with van der Waals surface area (Å²) in [4.78, 5) is 11.3. The van der Waals surface area contributed by atoms with Gasteiger partial charge in [-0.1, -0.05) is 32.9 Å². The van der Waals surface area contributed by atoms with Crippen molar-refractivity contribution < 1.29 is 9.53 Å². The number of rotatable bonds is 6. The normalized spacial score (nSPS) is 16.8. The highest BCUT2D eigenvalue weighted by Gasteiger charge is 2.27. The molecule has 0 aliphatic heterocycles. The van der Waals surface area contributed by atoms with Crippen LogP contribution in [0.5, 0.6) is 5.75 Å². The van der Waals surface area contributed by atoms with Crippen LogP contribution in [0.25, 0.3) is 0 Å². The fourth-order valence-corrected chi connectivity index (χ4v) is 1.98. The molecule has 0 heterocycles. The standard InChI is InChI=1S/C16H24N2O2/c1-16(2,3)11-4-8-13(9-5-11)20-10-14(15(17)19)18-12-6-7-12/h4-5,8-9,12,14,18H,6-7,10H2,1-3H3,(H2,17,19). The Morgan fingerprint density at radius 2 is 1.95 bits per heavy atom. The molecule has 3 N–H and O–H groups in total. The van der Waals surface area contributed by atoms with Crippen LogP contribution in [0, 0.1) is 0 Å². The third-order valence-corrected chi connectivity index (χ3v) is 3.49. The summed E-state index contributed by atoms with van der Waals surface area (Å²) >= 11 is 0. The molecule has 1 aliphatic rings. The average molecular weight is 276 g/mol. The van der Waals surface area contributed by atoms with E-state index >= 15 is 0 Å². The summed E-state index contributed by atoms with van der Waals surface area (Å²) in [5, 5.41) is 3.20. The Hall–Kier alpha value is -1.55. The lowest BCUT2D eigenvalue weighted by atomic mass is 9.87. The van der Waals surface area contributed by atoms with Crippen LogP contribution in [-0.4, -0.2) is 24.6 Å². The molecule has 0 spiro atoms. The maximum absolute atomic E-state index is 11.3. The minimum Gasteiger partial charge on any atom is -0.491 e. The highest BCUT2D eigenvalue weighted by molar-refractivity contribution is 5.80. The van der Waals surface area contributed by atoms with Crippen molar-refractivity contribution in [1.29, 1.82) is 0 Å². The molecule has 1 aliphatic carbocycles. The van der Waals surface area contributed by atoms with Crippen molar-refractivity contribution in [3.63, 3.8) is 0 Å². The minimum absolute atomic E-state index is 0.127. The Bertz CT molecular complexity index is 458. The maximum Gasteiger partial charge on any atom is 0.238 e. The van der Waals surface area contributed by atoms with Crippen molar-refractivity contribution in [1.82, 2.24) is 5.32 Å². The van der Waals surface area contributed by atoms with Crippen LogP contribution in [0.15, 0.2) is 24.3 Å². The maximum atomic E-state index is 11.3. The topological polar surface area (TPSA) is 64.3 Å². The van der Waals surface area contributed by atoms with Gasteiger partial charge in [0.25, 0.3) is 0 Å². The molecule has 1 unspecified atom stereocenters. The van der Waals surface area contributed by atoms with Gasteiger partial charge < -0.3 is 15.8 Å². The van der Waals surface area contributed by atoms with E-state index in [-0.39, 0.29) is 17.9 Å². The Kier molecular flexibility index (Phi) is 4.33. The molecular formula is C16H24N2O2. The Balaban J connectivity index is 1.90. The Labute approximate surface area is 120 Å². The second-order valence-corrected chi connectivity index (χ2v) is 6.48. The number of hydrogen-bond donors (Lipinski definition) is 2. The van der Waals surface area contributed by atoms with Crippen LogP contribution in [0.4, 0.5) is 0 Å². The number of amides is 1. The molecular weight excluding hydrogens is 252 g/mol. The van der Waals surface area contributed by atoms with Crippen molar-refractivity contribution in [2.24, 2.45) is 5.73 Å². The quantitative estimate of drug-likeness (QED) is 0.835. The van der Waals surface area contributed by atoms with Gasteiger partial charge in [0.15, 0.2) is 0 Å². The number of carbonyl (C=O) groups excluding carboxylic acids is 1. The summed E-state index contributed by atoms with van der Waals surface area (Å²) in [7, 11) is 0. The molecule has 20 heavy (non-hydrogen) atoms. The Morgan fingerprint density at radius 3 is 2.40 bits per heavy atom. The zero-order valence-electron chi connectivity index (χ0n) is 12.5. The summed E-state index contributed by atoms with van der Waals surface area (Å²) < 4.78 is 5.66. The molecule has 0 saturated heterocycles. The van der Waals surface area contributed by atoms with Gasteiger partial charge in [-0.3, -0.25) is 4.79 Å². The van der Waals surface area contributed by atoms with Gasteiger partial charge in [0.2, 0.25) is 5.91 Å². The van der Waals surface area contributed by atoms with E-state index in [2.05, 4.69) is 38.2 Å². The van der Waals surface area contributed by atoms with Crippen LogP contribution in [0.2, 0.25) is 0 Å². The van der Waals surface area contributed by atoms with E-state index < -0.39 is 6.04 Å². The summed E-state index contributed by atoms with van der Waals surface area (Å²) in [5.41, 5.74) is 6.76. The molecule has 4 heteroatoms. The lowest BCUT2D eigenvalue weighted by molar-refractivity contribution is -0.120. The molecule has 4 nitrogen and oxygen atoms in total. The van der Waals surface area contributed by atoms with Gasteiger partial charge in [-0.05, 0) is 36.0 Å². The van der Waals surface area contributed by atoms with Crippen LogP contribution in [0.3, 0.4) is 0 Å². The first-order chi connectivity index (χ1) is 9.36. The average Bonchev–Trinajstić information content (AvgIpc) is 3.17. The number of benzene rings is 1. The highest BCUT2D eigenvalue weighted by atomic mass is 16.5. The SMILES string of the molecule is CC(C)(C)c1ccc(OCC(NC2CC2)C(N)=O)cc1. The predicted molar refractivity (Wildman–Crippen MR) is 79.8 cm³/mol. The van der Waals surface area contributed by atoms with E-state index in [1.165, 1.54) is 5.56 Å². The van der Waals surface area contributed by atoms with Crippen LogP contribution < -0.4 is 15.8 Å². The van der Waals surface area contributed by atoms with Crippen LogP contribution in [-0.2, 0) is 10.2 Å². The van der Waals surface area contributed by atoms with Gasteiger partial charge in [0.1, 0.15) is 18.4 Å². The van der Waals surface area contributed by atoms with Gasteiger partial charge in [0.05, 0.1) is 0 Å². The fourth-order valence-electron chi connectivity index (χ4n) is 1.98. The lowest BCUT2D eigenvalue weighted by Crippen LogP contribution is -2.46. The molecule has 1 fully saturated rings. The second-order valence-electron chi connectivity index (χ2n) is 6.48. The van der Waals surface area contributed by atoms with E-state index in [1.54, 1.807) is 0 Å². The summed E-state index contributed by atoms with van der Waals surface area (Å²) in [6.07, 6.45) is 2.23. The molecule has 1 atom stereocenters. The number of ether oxygens (including phenoxy) is 1. The van der Waals surface area contributed by atoms with E-state index in [0.29, 0.717) is 6.04 Å². The monoisotopic (exact) mass is 276 g/mol. The first kappa shape index (κ1) is 14.9. The molecule has 1 amide bonds. The number of carbonyl (C=O) groups is 1. The first-order valence-corrected chi connectivity index (χ1v) is 7.15. The van der Waals surface area contributed by atoms with Crippen molar-refractivity contribution in [2.75, 3.05) is 6.61 Å². The van der Waals surface area contributed by atoms with Crippen molar-refractivity contribution in [3.8, 4) is 5.75 Å². The Morgan fingerprint density at radius 1 is 1.35 bits per heavy atom. The molecule has 1 aromatic rings. The van der Waals surface area contributed by atoms with E-state index in [4.69, 9.17) is 10.5 Å². The molecule has 1 aromatic carbocycles. The van der Waals surface area contributed by atoms with Gasteiger partial charge >= 0.3 is 0 Å². The molecule has 0 aromatic heterocycles. The smallest absolute Gasteiger partial charge is 0.238 e. The summed E-state index contributed by atoms with van der Waals surface area (Å²) in [6.45, 7) is 6.79. The first-order valence-electron chi connectivity index (χ1n) is 7.15. The highest BCUT2D eigenvalue weighted by Crippen LogP contribution is 2.24. The van der Waals surface area contributed by atoms with Gasteiger partial charge in [-0.2, -0.15) is 0 Å². The van der Waals surface area contributed by atoms with Gasteiger partial charge in [-0.25, -0.2) is 0 Å². The van der Waals surface area contributed by atoms with Crippen molar-refractivity contribution in [3.05, 3.63) is 29.8 Å². The van der Waals surface area contributed by atoms with Crippen LogP contribution in [0.1, 0.15) is 39.2 Å². The third kappa shape index (κ3) is 4.23. The van der Waals surface area contributed by atoms with E-state index in [1.807, 2.05) is 12.1 Å². The predicted octanol–water partition coefficient (Wildman–Crippen LogP) is 1.97. The number of nitrogens with two attached hydrogens (primary N) is 1. The zero-order valence-corrected chi connectivity index (χ0v) is 12.5. The summed E-state index contributed by atoms with van der Waals surface area (Å²) in [6, 6.07) is 8.02. The molecule has 110 valence electrons. The molecule has 0 radical (unpaired) electrons. The second kappa shape index (κ2) is 5.83. The van der Waals surface area contributed by atoms with Gasteiger partial charge in [-0.15, -0.1) is 0 Å². The fraction of sp³-hybridized carbons (Fsp3) is 0.562. The number of nitrogens with one attached hydrogen (secondary N) is 1. The zero-order chi connectivity index (χ0) is 14.8. The lowest BCUT2D eigenvalue weighted by Gasteiger charge is -2.20. The van der Waals surface area contributed by atoms with Crippen molar-refractivity contribution >= 4 is 5.91 Å². The van der Waals surface area contributed by atoms with E-state index in [9.17, 15) is 4.79 Å². The van der Waals surface area contributed by atoms with Crippen LogP contribution >= 0.6 is 0 Å². The largest absolute Gasteiger partial charge is 0.491 e. The number of hydrogen-bond acceptors (Lipinski definition) is 3. The third-order valence-electron chi connectivity index (χ3n) is 3.49. The van der Waals surface area contributed by atoms with Crippen molar-refractivity contribution in [2.45, 2.75) is 51.1 Å². The summed E-state index contributed by atoms with van der Waals surface area (Å²) in [5.74, 6) is 0.407.